The Bertz CT molecular complexity index is 552. The van der Waals surface area contributed by atoms with Gasteiger partial charge in [0.15, 0.2) is 6.29 Å². The molecule has 82 valence electrons. The van der Waals surface area contributed by atoms with Crippen molar-refractivity contribution in [1.29, 1.82) is 0 Å². The fourth-order valence-electron chi connectivity index (χ4n) is 2.30. The van der Waals surface area contributed by atoms with Crippen molar-refractivity contribution in [2.45, 2.75) is 32.2 Å². The van der Waals surface area contributed by atoms with Gasteiger partial charge in [-0.1, -0.05) is 0 Å². The van der Waals surface area contributed by atoms with E-state index < -0.39 is 0 Å². The van der Waals surface area contributed by atoms with E-state index in [0.29, 0.717) is 6.04 Å². The highest BCUT2D eigenvalue weighted by Crippen LogP contribution is 2.35. The van der Waals surface area contributed by atoms with Crippen molar-refractivity contribution in [1.82, 2.24) is 9.55 Å². The zero-order chi connectivity index (χ0) is 11.1. The molecular weight excluding hydrogens is 200 g/mol. The molecule has 0 N–H and O–H groups in total. The average molecular weight is 214 g/mol. The molecule has 0 radical (unpaired) electrons. The molecule has 0 spiro atoms. The maximum absolute atomic E-state index is 11.0. The van der Waals surface area contributed by atoms with Crippen LogP contribution < -0.4 is 0 Å². The number of aromatic nitrogens is 2. The minimum Gasteiger partial charge on any atom is -0.329 e. The number of fused-ring (bicyclic) bond motifs is 1. The summed E-state index contributed by atoms with van der Waals surface area (Å²) in [6, 6.07) is 2.59. The average Bonchev–Trinajstić information content (AvgIpc) is 2.54. The van der Waals surface area contributed by atoms with Crippen LogP contribution in [0.1, 0.15) is 41.2 Å². The Morgan fingerprint density at radius 3 is 2.94 bits per heavy atom. The third-order valence-corrected chi connectivity index (χ3v) is 3.43. The fraction of sp³-hybridized carbons (Fsp3) is 0.385. The summed E-state index contributed by atoms with van der Waals surface area (Å²) in [6.07, 6.45) is 8.44. The van der Waals surface area contributed by atoms with Crippen molar-refractivity contribution in [2.75, 3.05) is 0 Å². The lowest BCUT2D eigenvalue weighted by atomic mass is 9.93. The van der Waals surface area contributed by atoms with Gasteiger partial charge in [-0.05, 0) is 37.8 Å². The first-order valence-electron chi connectivity index (χ1n) is 5.72. The van der Waals surface area contributed by atoms with Crippen LogP contribution in [-0.2, 0) is 0 Å². The highest BCUT2D eigenvalue weighted by molar-refractivity contribution is 5.96. The number of pyridine rings is 1. The lowest BCUT2D eigenvalue weighted by Crippen LogP contribution is -2.16. The molecule has 0 saturated heterocycles. The highest BCUT2D eigenvalue weighted by atomic mass is 16.1. The molecule has 0 amide bonds. The summed E-state index contributed by atoms with van der Waals surface area (Å²) in [5.74, 6) is 0. The molecule has 0 unspecified atom stereocenters. The molecule has 1 aliphatic carbocycles. The van der Waals surface area contributed by atoms with Gasteiger partial charge in [-0.3, -0.25) is 4.79 Å². The van der Waals surface area contributed by atoms with Crippen molar-refractivity contribution < 1.29 is 4.79 Å². The molecule has 2 aromatic rings. The summed E-state index contributed by atoms with van der Waals surface area (Å²) in [7, 11) is 0. The van der Waals surface area contributed by atoms with Crippen LogP contribution in [0.4, 0.5) is 0 Å². The third-order valence-electron chi connectivity index (χ3n) is 3.43. The highest BCUT2D eigenvalue weighted by Gasteiger charge is 2.22. The summed E-state index contributed by atoms with van der Waals surface area (Å²) in [6.45, 7) is 2.00. The Balaban J connectivity index is 2.25. The number of rotatable bonds is 2. The molecule has 1 fully saturated rings. The molecule has 0 atom stereocenters. The third kappa shape index (κ3) is 1.28. The first kappa shape index (κ1) is 9.58. The molecule has 3 rings (SSSR count). The summed E-state index contributed by atoms with van der Waals surface area (Å²) in [5.41, 5.74) is 2.82. The minimum atomic E-state index is 0.548. The Morgan fingerprint density at radius 1 is 1.50 bits per heavy atom. The van der Waals surface area contributed by atoms with E-state index in [2.05, 4.69) is 9.55 Å². The van der Waals surface area contributed by atoms with Gasteiger partial charge >= 0.3 is 0 Å². The van der Waals surface area contributed by atoms with Gasteiger partial charge < -0.3 is 4.57 Å². The predicted octanol–water partition coefficient (Wildman–Crippen LogP) is 2.88. The second-order valence-corrected chi connectivity index (χ2v) is 4.58. The van der Waals surface area contributed by atoms with Gasteiger partial charge in [0.25, 0.3) is 0 Å². The van der Waals surface area contributed by atoms with Gasteiger partial charge in [0.05, 0.1) is 0 Å². The van der Waals surface area contributed by atoms with Gasteiger partial charge in [0.2, 0.25) is 0 Å². The number of aryl methyl sites for hydroxylation is 1. The molecule has 3 nitrogen and oxygen atoms in total. The van der Waals surface area contributed by atoms with Crippen LogP contribution in [0.2, 0.25) is 0 Å². The van der Waals surface area contributed by atoms with Crippen LogP contribution in [0.3, 0.4) is 0 Å². The number of nitrogens with zero attached hydrogens (tertiary/aromatic N) is 2. The first-order valence-corrected chi connectivity index (χ1v) is 5.72. The zero-order valence-corrected chi connectivity index (χ0v) is 9.31. The Morgan fingerprint density at radius 2 is 2.31 bits per heavy atom. The SMILES string of the molecule is Cc1cnc2c(c1)c(C=O)cn2C1CCC1. The number of aldehydes is 1. The minimum absolute atomic E-state index is 0.548. The van der Waals surface area contributed by atoms with Gasteiger partial charge in [-0.15, -0.1) is 0 Å². The van der Waals surface area contributed by atoms with Crippen LogP contribution >= 0.6 is 0 Å². The topological polar surface area (TPSA) is 34.9 Å². The molecule has 0 aromatic carbocycles. The number of carbonyl (C=O) groups excluding carboxylic acids is 1. The van der Waals surface area contributed by atoms with Gasteiger partial charge in [0, 0.05) is 29.4 Å². The summed E-state index contributed by atoms with van der Waals surface area (Å²) < 4.78 is 2.17. The normalized spacial score (nSPS) is 16.3. The molecule has 2 heterocycles. The monoisotopic (exact) mass is 214 g/mol. The van der Waals surface area contributed by atoms with E-state index in [1.54, 1.807) is 0 Å². The van der Waals surface area contributed by atoms with Crippen LogP contribution in [0.25, 0.3) is 11.0 Å². The lowest BCUT2D eigenvalue weighted by molar-refractivity contribution is 0.112. The van der Waals surface area contributed by atoms with E-state index in [0.717, 1.165) is 28.4 Å². The van der Waals surface area contributed by atoms with Crippen LogP contribution in [-0.4, -0.2) is 15.8 Å². The van der Waals surface area contributed by atoms with Crippen molar-refractivity contribution in [3.63, 3.8) is 0 Å². The standard InChI is InChI=1S/C13H14N2O/c1-9-5-12-10(8-16)7-15(11-3-2-4-11)13(12)14-6-9/h5-8,11H,2-4H2,1H3. The van der Waals surface area contributed by atoms with E-state index in [9.17, 15) is 4.79 Å². The second kappa shape index (κ2) is 3.44. The maximum atomic E-state index is 11.0. The smallest absolute Gasteiger partial charge is 0.152 e. The van der Waals surface area contributed by atoms with E-state index in [1.807, 2.05) is 25.4 Å². The van der Waals surface area contributed by atoms with Crippen LogP contribution in [0, 0.1) is 6.92 Å². The second-order valence-electron chi connectivity index (χ2n) is 4.58. The molecule has 1 saturated carbocycles. The van der Waals surface area contributed by atoms with E-state index in [4.69, 9.17) is 0 Å². The van der Waals surface area contributed by atoms with Crippen molar-refractivity contribution in [2.24, 2.45) is 0 Å². The number of hydrogen-bond acceptors (Lipinski definition) is 2. The van der Waals surface area contributed by atoms with Crippen molar-refractivity contribution in [3.8, 4) is 0 Å². The molecule has 0 aliphatic heterocycles. The Labute approximate surface area is 94.1 Å². The molecule has 16 heavy (non-hydrogen) atoms. The Hall–Kier alpha value is -1.64. The fourth-order valence-corrected chi connectivity index (χ4v) is 2.30. The van der Waals surface area contributed by atoms with Gasteiger partial charge in [-0.2, -0.15) is 0 Å². The van der Waals surface area contributed by atoms with E-state index >= 15 is 0 Å². The van der Waals surface area contributed by atoms with Crippen molar-refractivity contribution >= 4 is 17.3 Å². The summed E-state index contributed by atoms with van der Waals surface area (Å²) in [5, 5.41) is 0.988. The summed E-state index contributed by atoms with van der Waals surface area (Å²) >= 11 is 0. The lowest BCUT2D eigenvalue weighted by Gasteiger charge is -2.27. The van der Waals surface area contributed by atoms with E-state index in [1.165, 1.54) is 19.3 Å². The van der Waals surface area contributed by atoms with Gasteiger partial charge in [0.1, 0.15) is 5.65 Å². The largest absolute Gasteiger partial charge is 0.329 e. The van der Waals surface area contributed by atoms with Crippen LogP contribution in [0.5, 0.6) is 0 Å². The zero-order valence-electron chi connectivity index (χ0n) is 9.31. The molecule has 1 aliphatic rings. The molecular formula is C13H14N2O. The number of carbonyl (C=O) groups is 1. The summed E-state index contributed by atoms with van der Waals surface area (Å²) in [4.78, 5) is 15.5. The first-order chi connectivity index (χ1) is 7.79. The predicted molar refractivity (Wildman–Crippen MR) is 62.7 cm³/mol. The van der Waals surface area contributed by atoms with Gasteiger partial charge in [-0.25, -0.2) is 4.98 Å². The molecule has 3 heteroatoms. The van der Waals surface area contributed by atoms with Crippen LogP contribution in [0.15, 0.2) is 18.5 Å². The quantitative estimate of drug-likeness (QED) is 0.720. The van der Waals surface area contributed by atoms with Crippen molar-refractivity contribution in [3.05, 3.63) is 29.6 Å². The number of hydrogen-bond donors (Lipinski definition) is 0. The molecule has 2 aromatic heterocycles. The Kier molecular flexibility index (Phi) is 2.06. The van der Waals surface area contributed by atoms with E-state index in [-0.39, 0.29) is 0 Å². The molecule has 0 bridgehead atoms. The maximum Gasteiger partial charge on any atom is 0.152 e.